The molecule has 1 fully saturated rings. The first-order valence-corrected chi connectivity index (χ1v) is 9.64. The summed E-state index contributed by atoms with van der Waals surface area (Å²) in [4.78, 5) is 17.1. The third-order valence-corrected chi connectivity index (χ3v) is 5.96. The quantitative estimate of drug-likeness (QED) is 0.625. The summed E-state index contributed by atoms with van der Waals surface area (Å²) >= 11 is 1.57. The number of ketones is 1. The molecule has 1 aromatic carbocycles. The Morgan fingerprint density at radius 3 is 2.65 bits per heavy atom. The van der Waals surface area contributed by atoms with Crippen LogP contribution in [0, 0.1) is 0 Å². The first-order valence-electron chi connectivity index (χ1n) is 8.82. The normalized spacial score (nSPS) is 15.4. The molecule has 0 radical (unpaired) electrons. The van der Waals surface area contributed by atoms with E-state index in [0.717, 1.165) is 60.2 Å². The van der Waals surface area contributed by atoms with Crippen LogP contribution in [0.2, 0.25) is 0 Å². The lowest BCUT2D eigenvalue weighted by molar-refractivity contribution is 0.0365. The molecule has 0 aliphatic carbocycles. The molecule has 136 valence electrons. The van der Waals surface area contributed by atoms with E-state index in [1.165, 1.54) is 0 Å². The van der Waals surface area contributed by atoms with E-state index in [0.29, 0.717) is 5.56 Å². The summed E-state index contributed by atoms with van der Waals surface area (Å²) in [5, 5.41) is 1.13. The van der Waals surface area contributed by atoms with Crippen LogP contribution >= 0.6 is 11.3 Å². The number of methoxy groups -OCH3 is 1. The van der Waals surface area contributed by atoms with E-state index < -0.39 is 0 Å². The molecule has 1 saturated heterocycles. The molecular weight excluding hydrogens is 348 g/mol. The molecule has 2 aromatic heterocycles. The number of carbonyl (C=O) groups is 1. The third-order valence-electron chi connectivity index (χ3n) is 4.77. The highest BCUT2D eigenvalue weighted by Crippen LogP contribution is 2.29. The van der Waals surface area contributed by atoms with Crippen molar-refractivity contribution >= 4 is 27.3 Å². The molecule has 0 spiro atoms. The monoisotopic (exact) mass is 370 g/mol. The predicted molar refractivity (Wildman–Crippen MR) is 104 cm³/mol. The maximum atomic E-state index is 12.8. The van der Waals surface area contributed by atoms with Crippen LogP contribution in [0.5, 0.6) is 5.75 Å². The molecule has 0 atom stereocenters. The fourth-order valence-electron chi connectivity index (χ4n) is 3.22. The van der Waals surface area contributed by atoms with E-state index in [2.05, 4.69) is 21.7 Å². The average molecular weight is 370 g/mol. The highest BCUT2D eigenvalue weighted by molar-refractivity contribution is 7.20. The van der Waals surface area contributed by atoms with E-state index in [9.17, 15) is 4.79 Å². The van der Waals surface area contributed by atoms with Crippen molar-refractivity contribution in [2.24, 2.45) is 0 Å². The third kappa shape index (κ3) is 3.53. The van der Waals surface area contributed by atoms with Gasteiger partial charge in [-0.15, -0.1) is 11.3 Å². The molecule has 4 rings (SSSR count). The van der Waals surface area contributed by atoms with Gasteiger partial charge in [0.1, 0.15) is 10.6 Å². The van der Waals surface area contributed by atoms with E-state index in [-0.39, 0.29) is 5.78 Å². The van der Waals surface area contributed by atoms with Crippen molar-refractivity contribution in [3.63, 3.8) is 0 Å². The molecule has 26 heavy (non-hydrogen) atoms. The Labute approximate surface area is 156 Å². The molecule has 0 bridgehead atoms. The van der Waals surface area contributed by atoms with Crippen LogP contribution in [0.3, 0.4) is 0 Å². The second kappa shape index (κ2) is 7.61. The van der Waals surface area contributed by atoms with Gasteiger partial charge < -0.3 is 14.0 Å². The van der Waals surface area contributed by atoms with Crippen LogP contribution in [0.4, 0.5) is 0 Å². The number of nitrogens with zero attached hydrogens (tertiary/aromatic N) is 2. The minimum absolute atomic E-state index is 0.0635. The van der Waals surface area contributed by atoms with Gasteiger partial charge in [-0.3, -0.25) is 9.69 Å². The van der Waals surface area contributed by atoms with E-state index in [4.69, 9.17) is 9.47 Å². The Bertz CT molecular complexity index is 892. The second-order valence-corrected chi connectivity index (χ2v) is 7.42. The zero-order valence-corrected chi connectivity index (χ0v) is 15.6. The van der Waals surface area contributed by atoms with Gasteiger partial charge in [0.25, 0.3) is 0 Å². The van der Waals surface area contributed by atoms with E-state index in [1.807, 2.05) is 30.3 Å². The summed E-state index contributed by atoms with van der Waals surface area (Å²) in [5.41, 5.74) is 0.689. The van der Waals surface area contributed by atoms with Gasteiger partial charge in [-0.2, -0.15) is 0 Å². The topological polar surface area (TPSA) is 43.7 Å². The average Bonchev–Trinajstić information content (AvgIpc) is 3.28. The first-order chi connectivity index (χ1) is 12.7. The van der Waals surface area contributed by atoms with Gasteiger partial charge >= 0.3 is 0 Å². The number of thiophene rings is 1. The highest BCUT2D eigenvalue weighted by Gasteiger charge is 2.16. The number of carbonyl (C=O) groups excluding carboxylic acids is 1. The lowest BCUT2D eigenvalue weighted by atomic mass is 10.1. The molecular formula is C20H22N2O3S. The maximum Gasteiger partial charge on any atom is 0.203 e. The van der Waals surface area contributed by atoms with Gasteiger partial charge in [0, 0.05) is 43.3 Å². The fraction of sp³-hybridized carbons (Fsp3) is 0.350. The van der Waals surface area contributed by atoms with Crippen molar-refractivity contribution < 1.29 is 14.3 Å². The highest BCUT2D eigenvalue weighted by atomic mass is 32.1. The lowest BCUT2D eigenvalue weighted by Gasteiger charge is -2.26. The number of aromatic nitrogens is 1. The standard InChI is InChI=1S/C20H22N2O3S/c1-24-17-4-2-15(3-5-17)19(23)18-14-16-6-7-22(20(16)26-18)9-8-21-10-12-25-13-11-21/h2-7,14H,8-13H2,1H3. The molecule has 0 N–H and O–H groups in total. The van der Waals surface area contributed by atoms with Crippen molar-refractivity contribution in [3.8, 4) is 5.75 Å². The van der Waals surface area contributed by atoms with Crippen LogP contribution in [0.15, 0.2) is 42.6 Å². The number of morpholine rings is 1. The van der Waals surface area contributed by atoms with Gasteiger partial charge in [-0.1, -0.05) is 0 Å². The molecule has 3 heterocycles. The minimum Gasteiger partial charge on any atom is -0.497 e. The maximum absolute atomic E-state index is 12.8. The molecule has 3 aromatic rings. The fourth-order valence-corrected chi connectivity index (χ4v) is 4.34. The summed E-state index contributed by atoms with van der Waals surface area (Å²) < 4.78 is 12.8. The number of hydrogen-bond acceptors (Lipinski definition) is 5. The molecule has 5 nitrogen and oxygen atoms in total. The Balaban J connectivity index is 1.50. The number of rotatable bonds is 6. The largest absolute Gasteiger partial charge is 0.497 e. The summed E-state index contributed by atoms with van der Waals surface area (Å²) in [6.45, 7) is 5.57. The molecule has 1 aliphatic heterocycles. The molecule has 1 aliphatic rings. The number of fused-ring (bicyclic) bond motifs is 1. The number of ether oxygens (including phenoxy) is 2. The second-order valence-electron chi connectivity index (χ2n) is 6.39. The predicted octanol–water partition coefficient (Wildman–Crippen LogP) is 3.27. The van der Waals surface area contributed by atoms with Gasteiger partial charge in [0.05, 0.1) is 25.2 Å². The molecule has 0 amide bonds. The minimum atomic E-state index is 0.0635. The molecule has 0 unspecified atom stereocenters. The van der Waals surface area contributed by atoms with Crippen LogP contribution in [-0.2, 0) is 11.3 Å². The van der Waals surface area contributed by atoms with Gasteiger partial charge in [-0.25, -0.2) is 0 Å². The smallest absolute Gasteiger partial charge is 0.203 e. The first kappa shape index (κ1) is 17.3. The van der Waals surface area contributed by atoms with Crippen molar-refractivity contribution in [1.82, 2.24) is 9.47 Å². The summed E-state index contributed by atoms with van der Waals surface area (Å²) in [6, 6.07) is 11.4. The van der Waals surface area contributed by atoms with Crippen LogP contribution < -0.4 is 4.74 Å². The zero-order chi connectivity index (χ0) is 17.9. The van der Waals surface area contributed by atoms with E-state index >= 15 is 0 Å². The summed E-state index contributed by atoms with van der Waals surface area (Å²) in [6.07, 6.45) is 2.11. The van der Waals surface area contributed by atoms with Crippen molar-refractivity contribution in [2.75, 3.05) is 40.0 Å². The Morgan fingerprint density at radius 1 is 1.15 bits per heavy atom. The SMILES string of the molecule is COc1ccc(C(=O)c2cc3ccn(CCN4CCOCC4)c3s2)cc1. The zero-order valence-electron chi connectivity index (χ0n) is 14.8. The van der Waals surface area contributed by atoms with E-state index in [1.54, 1.807) is 18.4 Å². The number of benzene rings is 1. The van der Waals surface area contributed by atoms with Crippen molar-refractivity contribution in [1.29, 1.82) is 0 Å². The van der Waals surface area contributed by atoms with Gasteiger partial charge in [-0.05, 0) is 36.4 Å². The van der Waals surface area contributed by atoms with Crippen LogP contribution in [0.1, 0.15) is 15.2 Å². The number of hydrogen-bond donors (Lipinski definition) is 0. The Hall–Kier alpha value is -2.15. The Kier molecular flexibility index (Phi) is 5.06. The van der Waals surface area contributed by atoms with Gasteiger partial charge in [0.2, 0.25) is 5.78 Å². The van der Waals surface area contributed by atoms with Crippen LogP contribution in [0.25, 0.3) is 10.2 Å². The molecule has 0 saturated carbocycles. The lowest BCUT2D eigenvalue weighted by Crippen LogP contribution is -2.38. The summed E-state index contributed by atoms with van der Waals surface area (Å²) in [7, 11) is 1.62. The van der Waals surface area contributed by atoms with Crippen molar-refractivity contribution in [3.05, 3.63) is 53.0 Å². The Morgan fingerprint density at radius 2 is 1.92 bits per heavy atom. The van der Waals surface area contributed by atoms with Crippen LogP contribution in [-0.4, -0.2) is 55.2 Å². The van der Waals surface area contributed by atoms with Crippen molar-refractivity contribution in [2.45, 2.75) is 6.54 Å². The summed E-state index contributed by atoms with van der Waals surface area (Å²) in [5.74, 6) is 0.820. The molecule has 6 heteroatoms. The van der Waals surface area contributed by atoms with Gasteiger partial charge in [0.15, 0.2) is 0 Å².